The topological polar surface area (TPSA) is 32.8 Å². The fourth-order valence-electron chi connectivity index (χ4n) is 2.14. The summed E-state index contributed by atoms with van der Waals surface area (Å²) < 4.78 is 22.4. The summed E-state index contributed by atoms with van der Waals surface area (Å²) in [4.78, 5) is 0. The van der Waals surface area contributed by atoms with Crippen LogP contribution < -0.4 is 0 Å². The smallest absolute Gasteiger partial charge is 0.306 e. The normalized spacial score (nSPS) is 29.9. The number of rotatable bonds is 5. The van der Waals surface area contributed by atoms with Gasteiger partial charge in [-0.2, -0.15) is 0 Å². The summed E-state index contributed by atoms with van der Waals surface area (Å²) in [5.74, 6) is 1.20. The van der Waals surface area contributed by atoms with Gasteiger partial charge in [-0.1, -0.05) is 20.8 Å². The van der Waals surface area contributed by atoms with Crippen LogP contribution in [0.2, 0.25) is 0 Å². The largest absolute Gasteiger partial charge is 0.345 e. The Bertz CT molecular complexity index is 330. The SMILES string of the molecule is CN1C[C@H](C(C)(C)C)CO[P@@]1(=O)N(CCCl)CCCl. The van der Waals surface area contributed by atoms with Gasteiger partial charge in [-0.3, -0.25) is 4.57 Å². The molecule has 0 aliphatic carbocycles. The molecule has 0 bridgehead atoms. The molecule has 1 heterocycles. The second-order valence-electron chi connectivity index (χ2n) is 6.02. The average Bonchev–Trinajstić information content (AvgIpc) is 2.31. The van der Waals surface area contributed by atoms with E-state index in [-0.39, 0.29) is 5.41 Å². The van der Waals surface area contributed by atoms with Gasteiger partial charge in [0, 0.05) is 37.3 Å². The van der Waals surface area contributed by atoms with Crippen LogP contribution in [0.5, 0.6) is 0 Å². The van der Waals surface area contributed by atoms with Gasteiger partial charge in [0.05, 0.1) is 6.61 Å². The van der Waals surface area contributed by atoms with Crippen molar-refractivity contribution in [2.24, 2.45) is 11.3 Å². The minimum atomic E-state index is -2.96. The highest BCUT2D eigenvalue weighted by Gasteiger charge is 2.43. The van der Waals surface area contributed by atoms with E-state index in [1.807, 2.05) is 11.7 Å². The van der Waals surface area contributed by atoms with Crippen molar-refractivity contribution >= 4 is 30.9 Å². The molecule has 0 N–H and O–H groups in total. The lowest BCUT2D eigenvalue weighted by Crippen LogP contribution is -2.44. The van der Waals surface area contributed by atoms with Crippen molar-refractivity contribution < 1.29 is 9.09 Å². The van der Waals surface area contributed by atoms with E-state index in [1.165, 1.54) is 0 Å². The lowest BCUT2D eigenvalue weighted by molar-refractivity contribution is 0.0727. The second-order valence-corrected chi connectivity index (χ2v) is 9.26. The van der Waals surface area contributed by atoms with Crippen LogP contribution in [0.1, 0.15) is 20.8 Å². The van der Waals surface area contributed by atoms with Gasteiger partial charge in [0.25, 0.3) is 0 Å². The molecule has 4 nitrogen and oxygen atoms in total. The predicted molar refractivity (Wildman–Crippen MR) is 82.1 cm³/mol. The van der Waals surface area contributed by atoms with Crippen LogP contribution in [0.25, 0.3) is 0 Å². The molecule has 1 aliphatic rings. The Morgan fingerprint density at radius 1 is 1.32 bits per heavy atom. The van der Waals surface area contributed by atoms with E-state index in [1.54, 1.807) is 4.67 Å². The molecule has 0 spiro atoms. The van der Waals surface area contributed by atoms with Gasteiger partial charge in [0.2, 0.25) is 0 Å². The van der Waals surface area contributed by atoms with E-state index in [2.05, 4.69) is 20.8 Å². The van der Waals surface area contributed by atoms with E-state index in [0.29, 0.717) is 37.4 Å². The summed E-state index contributed by atoms with van der Waals surface area (Å²) in [7, 11) is -1.10. The molecule has 0 aromatic rings. The molecule has 0 unspecified atom stereocenters. The quantitative estimate of drug-likeness (QED) is 0.570. The molecule has 0 aromatic carbocycles. The molecular weight excluding hydrogens is 306 g/mol. The zero-order valence-electron chi connectivity index (χ0n) is 12.2. The van der Waals surface area contributed by atoms with E-state index < -0.39 is 7.67 Å². The third-order valence-electron chi connectivity index (χ3n) is 3.63. The maximum atomic E-state index is 13.0. The maximum absolute atomic E-state index is 13.0. The lowest BCUT2D eigenvalue weighted by atomic mass is 9.81. The maximum Gasteiger partial charge on any atom is 0.345 e. The van der Waals surface area contributed by atoms with Crippen LogP contribution in [0.3, 0.4) is 0 Å². The van der Waals surface area contributed by atoms with Crippen molar-refractivity contribution in [1.29, 1.82) is 0 Å². The number of hydrogen-bond acceptors (Lipinski definition) is 2. The monoisotopic (exact) mass is 330 g/mol. The third-order valence-corrected chi connectivity index (χ3v) is 6.59. The number of alkyl halides is 2. The first kappa shape index (κ1) is 17.7. The van der Waals surface area contributed by atoms with Crippen LogP contribution in [0, 0.1) is 11.3 Å². The standard InChI is InChI=1S/C12H25Cl2N2O2P/c1-12(2,3)11-9-15(4)19(17,18-10-11)16(7-5-13)8-6-14/h11H,5-10H2,1-4H3/t11-,19+/m0/s1. The number of nitrogens with zero attached hydrogens (tertiary/aromatic N) is 2. The van der Waals surface area contributed by atoms with Gasteiger partial charge in [-0.05, 0) is 12.5 Å². The summed E-state index contributed by atoms with van der Waals surface area (Å²) >= 11 is 11.6. The molecule has 1 rings (SSSR count). The Balaban J connectivity index is 2.81. The van der Waals surface area contributed by atoms with Crippen molar-refractivity contribution in [2.75, 3.05) is 45.0 Å². The zero-order valence-corrected chi connectivity index (χ0v) is 14.6. The van der Waals surface area contributed by atoms with Crippen molar-refractivity contribution in [3.05, 3.63) is 0 Å². The molecule has 19 heavy (non-hydrogen) atoms. The first-order valence-corrected chi connectivity index (χ1v) is 9.19. The van der Waals surface area contributed by atoms with E-state index in [0.717, 1.165) is 6.54 Å². The molecule has 0 amide bonds. The Morgan fingerprint density at radius 2 is 1.84 bits per heavy atom. The number of halogens is 2. The Kier molecular flexibility index (Phi) is 6.63. The molecule has 7 heteroatoms. The molecule has 1 saturated heterocycles. The highest BCUT2D eigenvalue weighted by Crippen LogP contribution is 2.57. The highest BCUT2D eigenvalue weighted by atomic mass is 35.5. The molecule has 0 saturated carbocycles. The molecule has 0 radical (unpaired) electrons. The van der Waals surface area contributed by atoms with Crippen molar-refractivity contribution in [3.8, 4) is 0 Å². The van der Waals surface area contributed by atoms with Gasteiger partial charge in [0.15, 0.2) is 0 Å². The van der Waals surface area contributed by atoms with Crippen LogP contribution in [0.4, 0.5) is 0 Å². The molecule has 1 aliphatic heterocycles. The predicted octanol–water partition coefficient (Wildman–Crippen LogP) is 3.50. The number of hydrogen-bond donors (Lipinski definition) is 0. The minimum Gasteiger partial charge on any atom is -0.306 e. The Morgan fingerprint density at radius 3 is 2.21 bits per heavy atom. The minimum absolute atomic E-state index is 0.142. The lowest BCUT2D eigenvalue weighted by Gasteiger charge is -2.45. The summed E-state index contributed by atoms with van der Waals surface area (Å²) in [5.41, 5.74) is 0.142. The zero-order chi connectivity index (χ0) is 14.7. The molecular formula is C12H25Cl2N2O2P. The van der Waals surface area contributed by atoms with Gasteiger partial charge >= 0.3 is 7.67 Å². The van der Waals surface area contributed by atoms with Crippen LogP contribution in [0.15, 0.2) is 0 Å². The average molecular weight is 331 g/mol. The van der Waals surface area contributed by atoms with Crippen molar-refractivity contribution in [2.45, 2.75) is 20.8 Å². The van der Waals surface area contributed by atoms with E-state index >= 15 is 0 Å². The molecule has 114 valence electrons. The fourth-order valence-corrected chi connectivity index (χ4v) is 5.06. The molecule has 0 aromatic heterocycles. The van der Waals surface area contributed by atoms with Crippen molar-refractivity contribution in [3.63, 3.8) is 0 Å². The third kappa shape index (κ3) is 4.33. The second kappa shape index (κ2) is 7.11. The Hall–Kier alpha value is 0.690. The van der Waals surface area contributed by atoms with E-state index in [4.69, 9.17) is 27.7 Å². The fraction of sp³-hybridized carbons (Fsp3) is 1.00. The molecule has 1 fully saturated rings. The van der Waals surface area contributed by atoms with Crippen molar-refractivity contribution in [1.82, 2.24) is 9.34 Å². The van der Waals surface area contributed by atoms with Crippen LogP contribution >= 0.6 is 30.9 Å². The summed E-state index contributed by atoms with van der Waals surface area (Å²) in [6, 6.07) is 0. The van der Waals surface area contributed by atoms with Gasteiger partial charge in [0.1, 0.15) is 0 Å². The van der Waals surface area contributed by atoms with Gasteiger partial charge in [-0.15, -0.1) is 23.2 Å². The first-order chi connectivity index (χ1) is 8.75. The summed E-state index contributed by atoms with van der Waals surface area (Å²) in [5, 5.41) is 0. The van der Waals surface area contributed by atoms with Crippen LogP contribution in [-0.4, -0.2) is 54.4 Å². The summed E-state index contributed by atoms with van der Waals surface area (Å²) in [6.45, 7) is 8.88. The van der Waals surface area contributed by atoms with Gasteiger partial charge < -0.3 is 4.52 Å². The highest BCUT2D eigenvalue weighted by molar-refractivity contribution is 7.54. The first-order valence-electron chi connectivity index (χ1n) is 6.59. The summed E-state index contributed by atoms with van der Waals surface area (Å²) in [6.07, 6.45) is 0. The van der Waals surface area contributed by atoms with E-state index in [9.17, 15) is 4.57 Å². The molecule has 2 atom stereocenters. The Labute approximate surface area is 126 Å². The van der Waals surface area contributed by atoms with Gasteiger partial charge in [-0.25, -0.2) is 9.34 Å². The van der Waals surface area contributed by atoms with Crippen LogP contribution in [-0.2, 0) is 9.09 Å².